The number of ketones is 1. The van der Waals surface area contributed by atoms with Gasteiger partial charge in [-0.2, -0.15) is 0 Å². The van der Waals surface area contributed by atoms with E-state index in [-0.39, 0.29) is 11.5 Å². The molecule has 0 atom stereocenters. The van der Waals surface area contributed by atoms with E-state index in [1.807, 2.05) is 0 Å². The van der Waals surface area contributed by atoms with Crippen LogP contribution in [0.15, 0.2) is 18.2 Å². The van der Waals surface area contributed by atoms with Gasteiger partial charge in [0.2, 0.25) is 0 Å². The SMILES string of the molecule is CC(=O)c1ccc(NCCC2CC2)c([N+](=O)[O-])c1. The maximum atomic E-state index is 11.2. The normalized spacial score (nSPS) is 14.3. The summed E-state index contributed by atoms with van der Waals surface area (Å²) in [4.78, 5) is 21.7. The van der Waals surface area contributed by atoms with Crippen molar-refractivity contribution in [3.8, 4) is 0 Å². The first-order valence-electron chi connectivity index (χ1n) is 6.11. The number of hydrogen-bond donors (Lipinski definition) is 1. The van der Waals surface area contributed by atoms with Crippen LogP contribution in [0.4, 0.5) is 11.4 Å². The first-order valence-corrected chi connectivity index (χ1v) is 6.11. The molecule has 0 radical (unpaired) electrons. The van der Waals surface area contributed by atoms with Crippen LogP contribution < -0.4 is 5.32 Å². The number of benzene rings is 1. The molecule has 18 heavy (non-hydrogen) atoms. The Hall–Kier alpha value is -1.91. The highest BCUT2D eigenvalue weighted by atomic mass is 16.6. The van der Waals surface area contributed by atoms with Gasteiger partial charge in [0.25, 0.3) is 5.69 Å². The molecular formula is C13H16N2O3. The molecule has 5 nitrogen and oxygen atoms in total. The van der Waals surface area contributed by atoms with Gasteiger partial charge in [-0.05, 0) is 31.4 Å². The third-order valence-corrected chi connectivity index (χ3v) is 3.17. The summed E-state index contributed by atoms with van der Waals surface area (Å²) < 4.78 is 0. The topological polar surface area (TPSA) is 72.2 Å². The van der Waals surface area contributed by atoms with E-state index >= 15 is 0 Å². The van der Waals surface area contributed by atoms with E-state index in [0.717, 1.165) is 18.9 Å². The smallest absolute Gasteiger partial charge is 0.293 e. The molecule has 0 aliphatic heterocycles. The van der Waals surface area contributed by atoms with Crippen LogP contribution in [0.1, 0.15) is 36.5 Å². The van der Waals surface area contributed by atoms with Crippen LogP contribution in [0.2, 0.25) is 0 Å². The molecule has 0 aromatic heterocycles. The van der Waals surface area contributed by atoms with E-state index in [9.17, 15) is 14.9 Å². The molecule has 0 spiro atoms. The molecule has 1 aliphatic rings. The molecule has 0 bridgehead atoms. The zero-order valence-electron chi connectivity index (χ0n) is 10.3. The molecule has 2 rings (SSSR count). The average Bonchev–Trinajstić information content (AvgIpc) is 3.13. The second-order valence-corrected chi connectivity index (χ2v) is 4.70. The summed E-state index contributed by atoms with van der Waals surface area (Å²) in [6, 6.07) is 4.57. The van der Waals surface area contributed by atoms with Gasteiger partial charge < -0.3 is 5.32 Å². The molecule has 0 amide bonds. The lowest BCUT2D eigenvalue weighted by atomic mass is 10.1. The second kappa shape index (κ2) is 5.16. The van der Waals surface area contributed by atoms with Gasteiger partial charge in [-0.15, -0.1) is 0 Å². The van der Waals surface area contributed by atoms with Crippen LogP contribution in [-0.4, -0.2) is 17.3 Å². The summed E-state index contributed by atoms with van der Waals surface area (Å²) in [5, 5.41) is 14.0. The molecular weight excluding hydrogens is 232 g/mol. The van der Waals surface area contributed by atoms with Gasteiger partial charge in [0.05, 0.1) is 4.92 Å². The van der Waals surface area contributed by atoms with E-state index in [0.29, 0.717) is 11.3 Å². The third-order valence-electron chi connectivity index (χ3n) is 3.17. The highest BCUT2D eigenvalue weighted by Crippen LogP contribution is 2.33. The Labute approximate surface area is 105 Å². The van der Waals surface area contributed by atoms with E-state index < -0.39 is 4.92 Å². The van der Waals surface area contributed by atoms with E-state index in [1.54, 1.807) is 12.1 Å². The van der Waals surface area contributed by atoms with E-state index in [4.69, 9.17) is 0 Å². The van der Waals surface area contributed by atoms with Crippen molar-refractivity contribution in [2.45, 2.75) is 26.2 Å². The summed E-state index contributed by atoms with van der Waals surface area (Å²) in [6.45, 7) is 2.14. The van der Waals surface area contributed by atoms with Crippen molar-refractivity contribution in [1.29, 1.82) is 0 Å². The summed E-state index contributed by atoms with van der Waals surface area (Å²) in [6.07, 6.45) is 3.59. The maximum absolute atomic E-state index is 11.2. The van der Waals surface area contributed by atoms with Crippen LogP contribution in [0.5, 0.6) is 0 Å². The number of nitrogens with zero attached hydrogens (tertiary/aromatic N) is 1. The number of nitro groups is 1. The summed E-state index contributed by atoms with van der Waals surface area (Å²) >= 11 is 0. The first-order chi connectivity index (χ1) is 8.58. The highest BCUT2D eigenvalue weighted by molar-refractivity contribution is 5.95. The minimum atomic E-state index is -0.452. The van der Waals surface area contributed by atoms with E-state index in [2.05, 4.69) is 5.32 Å². The lowest BCUT2D eigenvalue weighted by molar-refractivity contribution is -0.384. The van der Waals surface area contributed by atoms with Crippen LogP contribution in [0, 0.1) is 16.0 Å². The van der Waals surface area contributed by atoms with Gasteiger partial charge in [-0.1, -0.05) is 12.8 Å². The van der Waals surface area contributed by atoms with Crippen molar-refractivity contribution in [2.24, 2.45) is 5.92 Å². The van der Waals surface area contributed by atoms with Crippen molar-refractivity contribution in [3.63, 3.8) is 0 Å². The van der Waals surface area contributed by atoms with Gasteiger partial charge in [-0.3, -0.25) is 14.9 Å². The summed E-state index contributed by atoms with van der Waals surface area (Å²) in [5.74, 6) is 0.621. The molecule has 96 valence electrons. The molecule has 0 unspecified atom stereocenters. The fourth-order valence-corrected chi connectivity index (χ4v) is 1.87. The van der Waals surface area contributed by atoms with Crippen LogP contribution in [-0.2, 0) is 0 Å². The third kappa shape index (κ3) is 3.06. The second-order valence-electron chi connectivity index (χ2n) is 4.70. The number of Topliss-reactive ketones (excluding diaryl/α,β-unsaturated/α-hetero) is 1. The summed E-state index contributed by atoms with van der Waals surface area (Å²) in [5.41, 5.74) is 0.832. The van der Waals surface area contributed by atoms with Crippen molar-refractivity contribution in [2.75, 3.05) is 11.9 Å². The van der Waals surface area contributed by atoms with Crippen LogP contribution in [0.3, 0.4) is 0 Å². The fourth-order valence-electron chi connectivity index (χ4n) is 1.87. The number of carbonyl (C=O) groups excluding carboxylic acids is 1. The molecule has 1 aromatic rings. The standard InChI is InChI=1S/C13H16N2O3/c1-9(16)11-4-5-12(13(8-11)15(17)18)14-7-6-10-2-3-10/h4-5,8,10,14H,2-3,6-7H2,1H3. The van der Waals surface area contributed by atoms with Gasteiger partial charge in [0.15, 0.2) is 5.78 Å². The van der Waals surface area contributed by atoms with Crippen LogP contribution >= 0.6 is 0 Å². The minimum absolute atomic E-state index is 0.0292. The number of hydrogen-bond acceptors (Lipinski definition) is 4. The predicted octanol–water partition coefficient (Wildman–Crippen LogP) is 3.01. The van der Waals surface area contributed by atoms with Gasteiger partial charge in [0, 0.05) is 18.2 Å². The number of anilines is 1. The Kier molecular flexibility index (Phi) is 3.60. The number of carbonyl (C=O) groups is 1. The van der Waals surface area contributed by atoms with Crippen molar-refractivity contribution in [3.05, 3.63) is 33.9 Å². The van der Waals surface area contributed by atoms with Crippen molar-refractivity contribution < 1.29 is 9.72 Å². The molecule has 5 heteroatoms. The van der Waals surface area contributed by atoms with Gasteiger partial charge in [-0.25, -0.2) is 0 Å². The first kappa shape index (κ1) is 12.5. The quantitative estimate of drug-likeness (QED) is 0.477. The Morgan fingerprint density at radius 3 is 2.78 bits per heavy atom. The Morgan fingerprint density at radius 1 is 1.50 bits per heavy atom. The molecule has 0 saturated heterocycles. The van der Waals surface area contributed by atoms with Gasteiger partial charge in [0.1, 0.15) is 5.69 Å². The molecule has 1 aliphatic carbocycles. The Balaban J connectivity index is 2.11. The molecule has 1 saturated carbocycles. The predicted molar refractivity (Wildman–Crippen MR) is 68.9 cm³/mol. The maximum Gasteiger partial charge on any atom is 0.293 e. The summed E-state index contributed by atoms with van der Waals surface area (Å²) in [7, 11) is 0. The lowest BCUT2D eigenvalue weighted by Gasteiger charge is -2.07. The van der Waals surface area contributed by atoms with Gasteiger partial charge >= 0.3 is 0 Å². The molecule has 1 N–H and O–H groups in total. The molecule has 0 heterocycles. The van der Waals surface area contributed by atoms with Crippen LogP contribution in [0.25, 0.3) is 0 Å². The van der Waals surface area contributed by atoms with Crippen molar-refractivity contribution in [1.82, 2.24) is 0 Å². The molecule has 1 fully saturated rings. The average molecular weight is 248 g/mol. The monoisotopic (exact) mass is 248 g/mol. The lowest BCUT2D eigenvalue weighted by Crippen LogP contribution is -2.06. The number of rotatable bonds is 6. The zero-order chi connectivity index (χ0) is 13.1. The zero-order valence-corrected chi connectivity index (χ0v) is 10.3. The number of nitrogens with one attached hydrogen (secondary N) is 1. The largest absolute Gasteiger partial charge is 0.379 e. The Morgan fingerprint density at radius 2 is 2.22 bits per heavy atom. The van der Waals surface area contributed by atoms with E-state index in [1.165, 1.54) is 25.8 Å². The number of nitro benzene ring substituents is 1. The highest BCUT2D eigenvalue weighted by Gasteiger charge is 2.21. The fraction of sp³-hybridized carbons (Fsp3) is 0.462. The van der Waals surface area contributed by atoms with Crippen molar-refractivity contribution >= 4 is 17.2 Å². The Bertz CT molecular complexity index is 481. The minimum Gasteiger partial charge on any atom is -0.379 e. The molecule has 1 aromatic carbocycles.